The number of phenols is 1. The highest BCUT2D eigenvalue weighted by Crippen LogP contribution is 2.33. The number of para-hydroxylation sites is 1. The van der Waals surface area contributed by atoms with Crippen LogP contribution in [0.15, 0.2) is 48.8 Å². The van der Waals surface area contributed by atoms with Gasteiger partial charge in [-0.1, -0.05) is 29.8 Å². The van der Waals surface area contributed by atoms with Gasteiger partial charge in [-0.25, -0.2) is 4.79 Å². The van der Waals surface area contributed by atoms with Gasteiger partial charge in [0.1, 0.15) is 11.4 Å². The number of amides is 1. The third-order valence-corrected chi connectivity index (χ3v) is 6.65. The Labute approximate surface area is 217 Å². The van der Waals surface area contributed by atoms with Crippen LogP contribution in [0.3, 0.4) is 0 Å². The molecule has 0 bridgehead atoms. The summed E-state index contributed by atoms with van der Waals surface area (Å²) in [7, 11) is 0. The number of hydrogen-bond donors (Lipinski definition) is 2. The lowest BCUT2D eigenvalue weighted by Gasteiger charge is -2.33. The number of hydrogen-bond acceptors (Lipinski definition) is 5. The highest BCUT2D eigenvalue weighted by molar-refractivity contribution is 6.35. The van der Waals surface area contributed by atoms with Crippen LogP contribution in [0.5, 0.6) is 5.75 Å². The molecule has 4 rings (SSSR count). The summed E-state index contributed by atoms with van der Waals surface area (Å²) in [6.07, 6.45) is 7.01. The Morgan fingerprint density at radius 2 is 1.92 bits per heavy atom. The van der Waals surface area contributed by atoms with Crippen molar-refractivity contribution < 1.29 is 14.6 Å². The number of carbonyl (C=O) groups excluding carboxylic acids is 1. The number of aromatic hydroxyl groups is 1. The molecule has 190 valence electrons. The topological polar surface area (TPSA) is 74.7 Å². The number of piperidine rings is 1. The summed E-state index contributed by atoms with van der Waals surface area (Å²) < 4.78 is 5.39. The molecular formula is C29H34ClN3O3. The van der Waals surface area contributed by atoms with E-state index in [0.29, 0.717) is 5.02 Å². The molecule has 7 heteroatoms. The zero-order valence-corrected chi connectivity index (χ0v) is 22.1. The standard InChI is InChI=1S/C29H34ClN3O3/c1-19(13-21-7-5-6-8-27(21)34)24-16-31-17-25-23(24)14-20(15-26(25)30)18-33-11-9-22(10-12-33)32-28(35)36-29(2,3)4/h5-8,13-17,22,34H,9-12,18H2,1-4H3,(H,32,35)/b19-13+. The van der Waals surface area contributed by atoms with E-state index in [9.17, 15) is 9.90 Å². The molecule has 1 aliphatic rings. The Morgan fingerprint density at radius 3 is 2.61 bits per heavy atom. The number of nitrogens with zero attached hydrogens (tertiary/aromatic N) is 2. The molecule has 2 aromatic carbocycles. The maximum Gasteiger partial charge on any atom is 0.407 e. The fourth-order valence-corrected chi connectivity index (χ4v) is 4.87. The molecule has 6 nitrogen and oxygen atoms in total. The monoisotopic (exact) mass is 507 g/mol. The first-order valence-corrected chi connectivity index (χ1v) is 12.7. The fraction of sp³-hybridized carbons (Fsp3) is 0.379. The summed E-state index contributed by atoms with van der Waals surface area (Å²) in [5, 5.41) is 15.8. The van der Waals surface area contributed by atoms with E-state index >= 15 is 0 Å². The van der Waals surface area contributed by atoms with Gasteiger partial charge in [-0.05, 0) is 81.3 Å². The zero-order valence-electron chi connectivity index (χ0n) is 21.3. The third kappa shape index (κ3) is 6.56. The van der Waals surface area contributed by atoms with Crippen molar-refractivity contribution in [1.29, 1.82) is 0 Å². The van der Waals surface area contributed by atoms with Crippen molar-refractivity contribution in [2.45, 2.75) is 58.7 Å². The second-order valence-corrected chi connectivity index (χ2v) is 10.8. The molecule has 0 aliphatic carbocycles. The molecule has 0 spiro atoms. The van der Waals surface area contributed by atoms with Crippen molar-refractivity contribution >= 4 is 40.1 Å². The first-order valence-electron chi connectivity index (χ1n) is 12.3. The van der Waals surface area contributed by atoms with Gasteiger partial charge in [0.05, 0.1) is 5.02 Å². The first kappa shape index (κ1) is 26.0. The van der Waals surface area contributed by atoms with E-state index in [2.05, 4.69) is 21.3 Å². The molecule has 1 saturated heterocycles. The minimum absolute atomic E-state index is 0.121. The number of ether oxygens (including phenoxy) is 1. The lowest BCUT2D eigenvalue weighted by atomic mass is 9.97. The number of halogens is 1. The molecule has 0 radical (unpaired) electrons. The molecule has 2 heterocycles. The third-order valence-electron chi connectivity index (χ3n) is 6.33. The van der Waals surface area contributed by atoms with Crippen LogP contribution in [0.2, 0.25) is 5.02 Å². The van der Waals surface area contributed by atoms with Crippen LogP contribution in [0, 0.1) is 0 Å². The van der Waals surface area contributed by atoms with Crippen molar-refractivity contribution in [3.05, 3.63) is 70.5 Å². The normalized spacial score (nSPS) is 15.8. The van der Waals surface area contributed by atoms with Gasteiger partial charge in [-0.2, -0.15) is 0 Å². The van der Waals surface area contributed by atoms with E-state index in [1.54, 1.807) is 12.3 Å². The minimum Gasteiger partial charge on any atom is -0.507 e. The summed E-state index contributed by atoms with van der Waals surface area (Å²) >= 11 is 6.70. The average molecular weight is 508 g/mol. The van der Waals surface area contributed by atoms with Crippen LogP contribution in [0.25, 0.3) is 22.4 Å². The zero-order chi connectivity index (χ0) is 25.9. The van der Waals surface area contributed by atoms with Gasteiger partial charge in [-0.15, -0.1) is 0 Å². The van der Waals surface area contributed by atoms with Gasteiger partial charge in [0, 0.05) is 54.6 Å². The van der Waals surface area contributed by atoms with E-state index in [1.165, 1.54) is 0 Å². The summed E-state index contributed by atoms with van der Waals surface area (Å²) in [5.41, 5.74) is 3.38. The van der Waals surface area contributed by atoms with Crippen molar-refractivity contribution in [3.8, 4) is 5.75 Å². The average Bonchev–Trinajstić information content (AvgIpc) is 2.80. The Hall–Kier alpha value is -3.09. The SMILES string of the molecule is C/C(=C\c1ccccc1O)c1cncc2c(Cl)cc(CN3CCC(NC(=O)OC(C)(C)C)CC3)cc12. The summed E-state index contributed by atoms with van der Waals surface area (Å²) in [6, 6.07) is 11.6. The van der Waals surface area contributed by atoms with Crippen LogP contribution < -0.4 is 5.32 Å². The number of phenolic OH excluding ortho intramolecular Hbond substituents is 1. The van der Waals surface area contributed by atoms with Gasteiger partial charge >= 0.3 is 6.09 Å². The molecule has 1 aliphatic heterocycles. The molecule has 0 unspecified atom stereocenters. The van der Waals surface area contributed by atoms with Crippen LogP contribution in [0.1, 0.15) is 57.2 Å². The highest BCUT2D eigenvalue weighted by atomic mass is 35.5. The Morgan fingerprint density at radius 1 is 1.19 bits per heavy atom. The molecule has 1 fully saturated rings. The fourth-order valence-electron chi connectivity index (χ4n) is 4.58. The van der Waals surface area contributed by atoms with E-state index < -0.39 is 5.60 Å². The van der Waals surface area contributed by atoms with Crippen LogP contribution in [0.4, 0.5) is 4.79 Å². The van der Waals surface area contributed by atoms with E-state index in [1.807, 2.05) is 64.2 Å². The van der Waals surface area contributed by atoms with Gasteiger partial charge in [-0.3, -0.25) is 9.88 Å². The maximum atomic E-state index is 12.1. The van der Waals surface area contributed by atoms with Crippen molar-refractivity contribution in [3.63, 3.8) is 0 Å². The number of benzene rings is 2. The van der Waals surface area contributed by atoms with Gasteiger partial charge in [0.15, 0.2) is 0 Å². The largest absolute Gasteiger partial charge is 0.507 e. The molecule has 0 saturated carbocycles. The first-order chi connectivity index (χ1) is 17.1. The molecule has 36 heavy (non-hydrogen) atoms. The van der Waals surface area contributed by atoms with Crippen LogP contribution >= 0.6 is 11.6 Å². The number of alkyl carbamates (subject to hydrolysis) is 1. The molecule has 3 aromatic rings. The number of nitrogens with one attached hydrogen (secondary N) is 1. The van der Waals surface area contributed by atoms with Crippen LogP contribution in [-0.2, 0) is 11.3 Å². The Balaban J connectivity index is 1.49. The summed E-state index contributed by atoms with van der Waals surface area (Å²) in [6.45, 7) is 10.2. The maximum absolute atomic E-state index is 12.1. The van der Waals surface area contributed by atoms with E-state index in [0.717, 1.165) is 65.5 Å². The smallest absolute Gasteiger partial charge is 0.407 e. The van der Waals surface area contributed by atoms with E-state index in [4.69, 9.17) is 16.3 Å². The summed E-state index contributed by atoms with van der Waals surface area (Å²) in [4.78, 5) is 18.9. The molecule has 2 N–H and O–H groups in total. The lowest BCUT2D eigenvalue weighted by Crippen LogP contribution is -2.45. The highest BCUT2D eigenvalue weighted by Gasteiger charge is 2.24. The number of fused-ring (bicyclic) bond motifs is 1. The van der Waals surface area contributed by atoms with Crippen molar-refractivity contribution in [2.75, 3.05) is 13.1 Å². The lowest BCUT2D eigenvalue weighted by molar-refractivity contribution is 0.0477. The van der Waals surface area contributed by atoms with Gasteiger partial charge in [0.2, 0.25) is 0 Å². The second-order valence-electron chi connectivity index (χ2n) is 10.4. The molecule has 1 amide bonds. The predicted molar refractivity (Wildman–Crippen MR) is 146 cm³/mol. The number of rotatable bonds is 5. The molecule has 0 atom stereocenters. The molecular weight excluding hydrogens is 474 g/mol. The van der Waals surface area contributed by atoms with Crippen LogP contribution in [-0.4, -0.2) is 45.8 Å². The summed E-state index contributed by atoms with van der Waals surface area (Å²) in [5.74, 6) is 0.244. The van der Waals surface area contributed by atoms with Gasteiger partial charge < -0.3 is 15.2 Å². The minimum atomic E-state index is -0.496. The van der Waals surface area contributed by atoms with Gasteiger partial charge in [0.25, 0.3) is 0 Å². The quantitative estimate of drug-likeness (QED) is 0.404. The Kier molecular flexibility index (Phi) is 7.86. The predicted octanol–water partition coefficient (Wildman–Crippen LogP) is 6.64. The second kappa shape index (κ2) is 10.9. The number of likely N-dealkylation sites (tertiary alicyclic amines) is 1. The Bertz CT molecular complexity index is 1270. The number of pyridine rings is 1. The molecule has 1 aromatic heterocycles. The number of carbonyl (C=O) groups is 1. The number of allylic oxidation sites excluding steroid dienone is 1. The van der Waals surface area contributed by atoms with Crippen molar-refractivity contribution in [1.82, 2.24) is 15.2 Å². The number of aromatic nitrogens is 1. The van der Waals surface area contributed by atoms with E-state index in [-0.39, 0.29) is 17.9 Å². The van der Waals surface area contributed by atoms with Crippen molar-refractivity contribution in [2.24, 2.45) is 0 Å².